The Hall–Kier alpha value is -0.470. The van der Waals surface area contributed by atoms with Crippen LogP contribution >= 0.6 is 35.7 Å². The molecule has 1 aromatic carbocycles. The molecule has 2 aliphatic heterocycles. The van der Waals surface area contributed by atoms with Gasteiger partial charge in [0.15, 0.2) is 5.96 Å². The van der Waals surface area contributed by atoms with Crippen LogP contribution in [0.15, 0.2) is 40.2 Å². The van der Waals surface area contributed by atoms with Crippen LogP contribution in [0.4, 0.5) is 0 Å². The summed E-state index contributed by atoms with van der Waals surface area (Å²) in [5.74, 6) is 2.99. The van der Waals surface area contributed by atoms with Crippen LogP contribution in [0.3, 0.4) is 0 Å². The maximum atomic E-state index is 5.69. The summed E-state index contributed by atoms with van der Waals surface area (Å²) < 4.78 is 5.69. The van der Waals surface area contributed by atoms with Gasteiger partial charge in [-0.2, -0.15) is 0 Å². The summed E-state index contributed by atoms with van der Waals surface area (Å²) in [6.07, 6.45) is 5.21. The lowest BCUT2D eigenvalue weighted by atomic mass is 10.2. The fourth-order valence-corrected chi connectivity index (χ4v) is 4.49. The third-order valence-corrected chi connectivity index (χ3v) is 6.04. The molecule has 2 atom stereocenters. The fourth-order valence-electron chi connectivity index (χ4n) is 3.44. The van der Waals surface area contributed by atoms with E-state index in [2.05, 4.69) is 45.5 Å². The molecule has 0 spiro atoms. The highest BCUT2D eigenvalue weighted by atomic mass is 127. The third-order valence-electron chi connectivity index (χ3n) is 4.80. The van der Waals surface area contributed by atoms with E-state index in [4.69, 9.17) is 4.74 Å². The lowest BCUT2D eigenvalue weighted by molar-refractivity contribution is 0.105. The molecule has 0 amide bonds. The smallest absolute Gasteiger partial charge is 0.193 e. The van der Waals surface area contributed by atoms with E-state index in [1.807, 2.05) is 18.8 Å². The molecule has 2 aliphatic rings. The molecule has 3 rings (SSSR count). The van der Waals surface area contributed by atoms with Gasteiger partial charge in [0.05, 0.1) is 6.10 Å². The van der Waals surface area contributed by atoms with Gasteiger partial charge < -0.3 is 15.0 Å². The van der Waals surface area contributed by atoms with Gasteiger partial charge in [-0.25, -0.2) is 0 Å². The van der Waals surface area contributed by atoms with Gasteiger partial charge in [-0.3, -0.25) is 4.99 Å². The van der Waals surface area contributed by atoms with E-state index in [0.717, 1.165) is 44.5 Å². The number of thioether (sulfide) groups is 1. The molecular weight excluding hydrogens is 445 g/mol. The zero-order valence-electron chi connectivity index (χ0n) is 15.0. The maximum absolute atomic E-state index is 5.69. The highest BCUT2D eigenvalue weighted by Crippen LogP contribution is 2.25. The van der Waals surface area contributed by atoms with Crippen molar-refractivity contribution in [3.8, 4) is 0 Å². The molecule has 1 N–H and O–H groups in total. The number of nitrogens with zero attached hydrogens (tertiary/aromatic N) is 2. The second-order valence-corrected chi connectivity index (χ2v) is 7.72. The molecule has 140 valence electrons. The minimum Gasteiger partial charge on any atom is -0.378 e. The van der Waals surface area contributed by atoms with Crippen molar-refractivity contribution in [3.63, 3.8) is 0 Å². The molecule has 25 heavy (non-hydrogen) atoms. The molecule has 6 heteroatoms. The van der Waals surface area contributed by atoms with Crippen molar-refractivity contribution in [1.29, 1.82) is 0 Å². The second-order valence-electron chi connectivity index (χ2n) is 6.62. The Labute approximate surface area is 173 Å². The normalized spacial score (nSPS) is 23.6. The fraction of sp³-hybridized carbons (Fsp3) is 0.632. The van der Waals surface area contributed by atoms with Crippen LogP contribution in [0, 0.1) is 5.92 Å². The van der Waals surface area contributed by atoms with Gasteiger partial charge in [0.1, 0.15) is 0 Å². The van der Waals surface area contributed by atoms with Crippen molar-refractivity contribution < 1.29 is 4.74 Å². The number of halogens is 1. The topological polar surface area (TPSA) is 36.9 Å². The van der Waals surface area contributed by atoms with E-state index < -0.39 is 0 Å². The second kappa shape index (κ2) is 11.3. The van der Waals surface area contributed by atoms with Gasteiger partial charge in [-0.1, -0.05) is 18.2 Å². The van der Waals surface area contributed by atoms with E-state index in [1.165, 1.54) is 29.9 Å². The molecule has 0 aromatic heterocycles. The molecule has 1 aromatic rings. The first kappa shape index (κ1) is 20.8. The maximum Gasteiger partial charge on any atom is 0.193 e. The Morgan fingerprint density at radius 3 is 2.88 bits per heavy atom. The molecule has 2 saturated heterocycles. The monoisotopic (exact) mass is 475 g/mol. The number of ether oxygens (including phenoxy) is 1. The molecule has 4 nitrogen and oxygen atoms in total. The van der Waals surface area contributed by atoms with Crippen LogP contribution in [0.1, 0.15) is 25.7 Å². The lowest BCUT2D eigenvalue weighted by Gasteiger charge is -2.22. The number of benzene rings is 1. The zero-order valence-corrected chi connectivity index (χ0v) is 18.2. The molecule has 0 bridgehead atoms. The summed E-state index contributed by atoms with van der Waals surface area (Å²) in [5, 5.41) is 3.52. The number of rotatable bonds is 6. The molecule has 2 fully saturated rings. The average Bonchev–Trinajstić information content (AvgIpc) is 3.30. The van der Waals surface area contributed by atoms with Gasteiger partial charge in [0.2, 0.25) is 0 Å². The molecule has 0 saturated carbocycles. The summed E-state index contributed by atoms with van der Waals surface area (Å²) in [6.45, 7) is 4.11. The largest absolute Gasteiger partial charge is 0.378 e. The van der Waals surface area contributed by atoms with Crippen LogP contribution < -0.4 is 5.32 Å². The highest BCUT2D eigenvalue weighted by Gasteiger charge is 2.25. The van der Waals surface area contributed by atoms with Crippen molar-refractivity contribution in [2.24, 2.45) is 10.9 Å². The molecular formula is C19H30IN3OS. The van der Waals surface area contributed by atoms with Gasteiger partial charge in [0.25, 0.3) is 0 Å². The van der Waals surface area contributed by atoms with Crippen LogP contribution in [0.5, 0.6) is 0 Å². The predicted octanol–water partition coefficient (Wildman–Crippen LogP) is 3.86. The van der Waals surface area contributed by atoms with E-state index in [1.54, 1.807) is 0 Å². The van der Waals surface area contributed by atoms with E-state index >= 15 is 0 Å². The molecule has 2 heterocycles. The van der Waals surface area contributed by atoms with Crippen LogP contribution in [-0.2, 0) is 4.74 Å². The Balaban J connectivity index is 0.00000225. The first-order valence-electron chi connectivity index (χ1n) is 9.10. The Morgan fingerprint density at radius 2 is 2.16 bits per heavy atom. The van der Waals surface area contributed by atoms with Gasteiger partial charge >= 0.3 is 0 Å². The minimum atomic E-state index is 0. The summed E-state index contributed by atoms with van der Waals surface area (Å²) in [7, 11) is 1.89. The van der Waals surface area contributed by atoms with E-state index in [9.17, 15) is 0 Å². The molecule has 0 aliphatic carbocycles. The summed E-state index contributed by atoms with van der Waals surface area (Å²) in [5.41, 5.74) is 0. The number of guanidine groups is 1. The lowest BCUT2D eigenvalue weighted by Crippen LogP contribution is -2.41. The van der Waals surface area contributed by atoms with E-state index in [-0.39, 0.29) is 24.0 Å². The Kier molecular flexibility index (Phi) is 9.41. The van der Waals surface area contributed by atoms with E-state index in [0.29, 0.717) is 6.10 Å². The average molecular weight is 475 g/mol. The number of hydrogen-bond donors (Lipinski definition) is 1. The van der Waals surface area contributed by atoms with Crippen molar-refractivity contribution in [2.75, 3.05) is 39.0 Å². The number of likely N-dealkylation sites (tertiary alicyclic amines) is 1. The van der Waals surface area contributed by atoms with Gasteiger partial charge in [-0.15, -0.1) is 35.7 Å². The minimum absolute atomic E-state index is 0. The quantitative estimate of drug-likeness (QED) is 0.294. The van der Waals surface area contributed by atoms with Crippen molar-refractivity contribution in [2.45, 2.75) is 36.7 Å². The first-order valence-corrected chi connectivity index (χ1v) is 10.1. The Morgan fingerprint density at radius 1 is 1.32 bits per heavy atom. The summed E-state index contributed by atoms with van der Waals surface area (Å²) >= 11 is 1.97. The zero-order chi connectivity index (χ0) is 16.6. The predicted molar refractivity (Wildman–Crippen MR) is 117 cm³/mol. The highest BCUT2D eigenvalue weighted by molar-refractivity contribution is 14.0. The van der Waals surface area contributed by atoms with Crippen molar-refractivity contribution in [3.05, 3.63) is 30.3 Å². The van der Waals surface area contributed by atoms with Crippen molar-refractivity contribution in [1.82, 2.24) is 10.2 Å². The third kappa shape index (κ3) is 6.64. The summed E-state index contributed by atoms with van der Waals surface area (Å²) in [4.78, 5) is 8.25. The van der Waals surface area contributed by atoms with Crippen LogP contribution in [0.25, 0.3) is 0 Å². The van der Waals surface area contributed by atoms with Crippen LogP contribution in [-0.4, -0.2) is 56.0 Å². The summed E-state index contributed by atoms with van der Waals surface area (Å²) in [6, 6.07) is 10.7. The molecule has 2 unspecified atom stereocenters. The number of aliphatic imine (C=N–C) groups is 1. The van der Waals surface area contributed by atoms with Gasteiger partial charge in [-0.05, 0) is 43.7 Å². The molecule has 0 radical (unpaired) electrons. The van der Waals surface area contributed by atoms with Crippen molar-refractivity contribution >= 4 is 41.7 Å². The van der Waals surface area contributed by atoms with Gasteiger partial charge in [0, 0.05) is 43.9 Å². The first-order chi connectivity index (χ1) is 11.8. The number of hydrogen-bond acceptors (Lipinski definition) is 3. The Bertz CT molecular complexity index is 523. The SMILES string of the molecule is CN=C(NCCC1CCCO1)N1CCC(CSc2ccccc2)C1.I. The number of nitrogens with one attached hydrogen (secondary N) is 1. The standard InChI is InChI=1S/C19H29N3OS.HI/c1-20-19(21-11-9-17-6-5-13-23-17)22-12-10-16(14-22)15-24-18-7-3-2-4-8-18;/h2-4,7-8,16-17H,5-6,9-15H2,1H3,(H,20,21);1H. The van der Waals surface area contributed by atoms with Crippen LogP contribution in [0.2, 0.25) is 0 Å².